The van der Waals surface area contributed by atoms with E-state index in [4.69, 9.17) is 19.3 Å². The van der Waals surface area contributed by atoms with Crippen LogP contribution in [-0.2, 0) is 14.2 Å². The maximum Gasteiger partial charge on any atom is 0.405 e. The monoisotopic (exact) mass is 271 g/mol. The van der Waals surface area contributed by atoms with Crippen LogP contribution in [0.25, 0.3) is 0 Å². The smallest absolute Gasteiger partial charge is 0.405 e. The Labute approximate surface area is 113 Å². The molecule has 0 aliphatic heterocycles. The highest BCUT2D eigenvalue weighted by atomic mass is 16.5. The third-order valence-corrected chi connectivity index (χ3v) is 2.08. The molecule has 0 radical (unpaired) electrons. The van der Waals surface area contributed by atoms with Gasteiger partial charge in [-0.2, -0.15) is 0 Å². The van der Waals surface area contributed by atoms with E-state index in [2.05, 4.69) is 25.1 Å². The molecule has 1 amide bonds. The topological polar surface area (TPSA) is 77.0 Å². The van der Waals surface area contributed by atoms with Crippen molar-refractivity contribution >= 4 is 6.09 Å². The van der Waals surface area contributed by atoms with Gasteiger partial charge in [-0.05, 0) is 0 Å². The largest absolute Gasteiger partial charge is 0.499 e. The van der Waals surface area contributed by atoms with Crippen molar-refractivity contribution in [1.82, 2.24) is 5.32 Å². The molecular formula is C13H21NO5. The molecule has 0 spiro atoms. The quantitative estimate of drug-likeness (QED) is 0.320. The molecule has 0 saturated carbocycles. The second-order valence-corrected chi connectivity index (χ2v) is 3.80. The molecule has 0 bridgehead atoms. The average molecular weight is 271 g/mol. The Morgan fingerprint density at radius 1 is 1.11 bits per heavy atom. The summed E-state index contributed by atoms with van der Waals surface area (Å²) in [6.07, 6.45) is 3.20. The Bertz CT molecular complexity index is 289. The number of hydrogen-bond acceptors (Lipinski definition) is 4. The predicted octanol–water partition coefficient (Wildman–Crippen LogP) is 1.56. The molecule has 6 heteroatoms. The van der Waals surface area contributed by atoms with E-state index in [1.165, 1.54) is 6.26 Å². The summed E-state index contributed by atoms with van der Waals surface area (Å²) in [6, 6.07) is 0. The maximum absolute atomic E-state index is 10.9. The van der Waals surface area contributed by atoms with E-state index < -0.39 is 11.6 Å². The number of carboxylic acid groups (broad SMARTS) is 1. The molecule has 0 fully saturated rings. The summed E-state index contributed by atoms with van der Waals surface area (Å²) in [5.74, 6) is 0. The van der Waals surface area contributed by atoms with Gasteiger partial charge in [-0.1, -0.05) is 18.7 Å². The minimum absolute atomic E-state index is 0.0527. The predicted molar refractivity (Wildman–Crippen MR) is 72.1 cm³/mol. The van der Waals surface area contributed by atoms with Crippen molar-refractivity contribution in [2.45, 2.75) is 5.54 Å². The molecular weight excluding hydrogens is 250 g/mol. The molecule has 0 saturated heterocycles. The lowest BCUT2D eigenvalue weighted by atomic mass is 10.0. The van der Waals surface area contributed by atoms with Gasteiger partial charge in [0.1, 0.15) is 12.1 Å². The first-order chi connectivity index (χ1) is 9.10. The van der Waals surface area contributed by atoms with Crippen LogP contribution in [0.15, 0.2) is 38.2 Å². The fourth-order valence-corrected chi connectivity index (χ4v) is 1.35. The van der Waals surface area contributed by atoms with Gasteiger partial charge in [0.25, 0.3) is 0 Å². The van der Waals surface area contributed by atoms with Gasteiger partial charge < -0.3 is 24.6 Å². The van der Waals surface area contributed by atoms with E-state index in [1.54, 1.807) is 12.2 Å². The van der Waals surface area contributed by atoms with Crippen LogP contribution in [0.4, 0.5) is 4.79 Å². The highest BCUT2D eigenvalue weighted by Gasteiger charge is 2.33. The fraction of sp³-hybridized carbons (Fsp3) is 0.462. The molecule has 0 aromatic rings. The number of rotatable bonds is 12. The molecule has 0 aliphatic rings. The van der Waals surface area contributed by atoms with Crippen LogP contribution in [0.5, 0.6) is 0 Å². The minimum Gasteiger partial charge on any atom is -0.499 e. The zero-order valence-corrected chi connectivity index (χ0v) is 11.0. The zero-order valence-electron chi connectivity index (χ0n) is 11.0. The van der Waals surface area contributed by atoms with Crippen LogP contribution in [0.1, 0.15) is 0 Å². The molecule has 108 valence electrons. The van der Waals surface area contributed by atoms with E-state index in [0.717, 1.165) is 0 Å². The Hall–Kier alpha value is -1.79. The van der Waals surface area contributed by atoms with Crippen molar-refractivity contribution in [3.05, 3.63) is 38.2 Å². The third kappa shape index (κ3) is 8.01. The number of ether oxygens (including phenoxy) is 3. The number of amides is 1. The van der Waals surface area contributed by atoms with Gasteiger partial charge in [0.2, 0.25) is 0 Å². The molecule has 0 atom stereocenters. The van der Waals surface area contributed by atoms with Crippen LogP contribution in [0.2, 0.25) is 0 Å². The van der Waals surface area contributed by atoms with Gasteiger partial charge in [0.15, 0.2) is 0 Å². The van der Waals surface area contributed by atoms with Gasteiger partial charge in [-0.25, -0.2) is 4.79 Å². The van der Waals surface area contributed by atoms with E-state index in [0.29, 0.717) is 13.2 Å². The summed E-state index contributed by atoms with van der Waals surface area (Å²) < 4.78 is 15.7. The van der Waals surface area contributed by atoms with Crippen molar-refractivity contribution in [2.24, 2.45) is 0 Å². The molecule has 0 heterocycles. The first kappa shape index (κ1) is 17.2. The molecule has 6 nitrogen and oxygen atoms in total. The van der Waals surface area contributed by atoms with Gasteiger partial charge in [-0.15, -0.1) is 13.2 Å². The van der Waals surface area contributed by atoms with E-state index >= 15 is 0 Å². The third-order valence-electron chi connectivity index (χ3n) is 2.08. The molecule has 0 rings (SSSR count). The molecule has 2 N–H and O–H groups in total. The van der Waals surface area contributed by atoms with Crippen molar-refractivity contribution in [3.63, 3.8) is 0 Å². The van der Waals surface area contributed by atoms with Crippen LogP contribution >= 0.6 is 0 Å². The van der Waals surface area contributed by atoms with Crippen LogP contribution in [0.3, 0.4) is 0 Å². The first-order valence-corrected chi connectivity index (χ1v) is 5.71. The fourth-order valence-electron chi connectivity index (χ4n) is 1.35. The highest BCUT2D eigenvalue weighted by Crippen LogP contribution is 2.09. The summed E-state index contributed by atoms with van der Waals surface area (Å²) in [6.45, 7) is 11.3. The number of hydrogen-bond donors (Lipinski definition) is 2. The van der Waals surface area contributed by atoms with Crippen molar-refractivity contribution < 1.29 is 24.1 Å². The van der Waals surface area contributed by atoms with Crippen LogP contribution in [-0.4, -0.2) is 49.8 Å². The summed E-state index contributed by atoms with van der Waals surface area (Å²) in [4.78, 5) is 10.9. The summed E-state index contributed by atoms with van der Waals surface area (Å²) in [7, 11) is 0. The molecule has 19 heavy (non-hydrogen) atoms. The molecule has 0 aromatic heterocycles. The zero-order chi connectivity index (χ0) is 14.6. The summed E-state index contributed by atoms with van der Waals surface area (Å²) >= 11 is 0. The Morgan fingerprint density at radius 3 is 2.00 bits per heavy atom. The van der Waals surface area contributed by atoms with E-state index in [-0.39, 0.29) is 19.8 Å². The number of nitrogens with one attached hydrogen (secondary N) is 1. The van der Waals surface area contributed by atoms with Gasteiger partial charge in [0.05, 0.1) is 32.7 Å². The second-order valence-electron chi connectivity index (χ2n) is 3.80. The summed E-state index contributed by atoms with van der Waals surface area (Å²) in [5.41, 5.74) is -1.01. The van der Waals surface area contributed by atoms with Crippen molar-refractivity contribution in [1.29, 1.82) is 0 Å². The van der Waals surface area contributed by atoms with Gasteiger partial charge >= 0.3 is 6.09 Å². The lowest BCUT2D eigenvalue weighted by Gasteiger charge is -2.32. The van der Waals surface area contributed by atoms with Crippen molar-refractivity contribution in [3.8, 4) is 0 Å². The average Bonchev–Trinajstić information content (AvgIpc) is 2.36. The van der Waals surface area contributed by atoms with Gasteiger partial charge in [-0.3, -0.25) is 0 Å². The lowest BCUT2D eigenvalue weighted by Crippen LogP contribution is -2.58. The Morgan fingerprint density at radius 2 is 1.63 bits per heavy atom. The highest BCUT2D eigenvalue weighted by molar-refractivity contribution is 5.65. The molecule has 0 aromatic carbocycles. The maximum atomic E-state index is 10.9. The lowest BCUT2D eigenvalue weighted by molar-refractivity contribution is -0.00926. The minimum atomic E-state index is -1.18. The Kier molecular flexibility index (Phi) is 9.20. The Balaban J connectivity index is 4.70. The van der Waals surface area contributed by atoms with E-state index in [1.807, 2.05) is 0 Å². The van der Waals surface area contributed by atoms with Gasteiger partial charge in [0, 0.05) is 0 Å². The van der Waals surface area contributed by atoms with Crippen LogP contribution < -0.4 is 5.32 Å². The molecule has 0 unspecified atom stereocenters. The normalized spacial score (nSPS) is 10.5. The summed E-state index contributed by atoms with van der Waals surface area (Å²) in [5, 5.41) is 11.3. The second kappa shape index (κ2) is 10.2. The first-order valence-electron chi connectivity index (χ1n) is 5.71. The van der Waals surface area contributed by atoms with Crippen molar-refractivity contribution in [2.75, 3.05) is 33.0 Å². The number of carbonyl (C=O) groups is 1. The van der Waals surface area contributed by atoms with Crippen LogP contribution in [0, 0.1) is 0 Å². The standard InChI is InChI=1S/C13H21NO5/c1-4-7-18-10-13(9-17-6-3,14-12(15)16)11-19-8-5-2/h4-6,14H,1-3,7-11H2,(H,15,16). The molecule has 0 aliphatic carbocycles. The SMILES string of the molecule is C=CCOCC(COC=C)(COCC=C)NC(=O)O. The van der Waals surface area contributed by atoms with E-state index in [9.17, 15) is 4.79 Å².